The number of hydrogen-bond donors (Lipinski definition) is 2. The average Bonchev–Trinajstić information content (AvgIpc) is 3.36. The van der Waals surface area contributed by atoms with E-state index < -0.39 is 23.2 Å². The zero-order valence-corrected chi connectivity index (χ0v) is 23.0. The van der Waals surface area contributed by atoms with Crippen LogP contribution in [-0.2, 0) is 29.2 Å². The Hall–Kier alpha value is -4.04. The molecule has 0 spiro atoms. The topological polar surface area (TPSA) is 139 Å². The summed E-state index contributed by atoms with van der Waals surface area (Å²) in [6, 6.07) is 2.40. The highest BCUT2D eigenvalue weighted by molar-refractivity contribution is 5.93. The van der Waals surface area contributed by atoms with Gasteiger partial charge in [0.25, 0.3) is 0 Å². The van der Waals surface area contributed by atoms with E-state index in [0.29, 0.717) is 50.8 Å². The number of anilines is 1. The average molecular weight is 571 g/mol. The van der Waals surface area contributed by atoms with Crippen molar-refractivity contribution in [3.8, 4) is 11.6 Å². The molecule has 2 N–H and O–H groups in total. The summed E-state index contributed by atoms with van der Waals surface area (Å²) < 4.78 is 34.0. The number of carbonyl (C=O) groups is 2. The molecule has 1 fully saturated rings. The van der Waals surface area contributed by atoms with Crippen LogP contribution in [0.4, 0.5) is 14.6 Å². The molecule has 218 valence electrons. The molecule has 0 aliphatic carbocycles. The lowest BCUT2D eigenvalue weighted by molar-refractivity contribution is -0.147. The van der Waals surface area contributed by atoms with Crippen molar-refractivity contribution in [1.29, 1.82) is 0 Å². The maximum absolute atomic E-state index is 13.8. The number of rotatable bonds is 7. The maximum atomic E-state index is 13.8. The van der Waals surface area contributed by atoms with Crippen molar-refractivity contribution in [2.45, 2.75) is 58.3 Å². The number of fused-ring (bicyclic) bond motifs is 1. The van der Waals surface area contributed by atoms with Crippen molar-refractivity contribution in [3.05, 3.63) is 53.6 Å². The fraction of sp³-hybridized carbons (Fsp3) is 0.481. The second-order valence-corrected chi connectivity index (χ2v) is 10.9. The first kappa shape index (κ1) is 28.5. The SMILES string of the molecule is C[C@@H](C(=O)Nc1cnc(Oc2ccc(F)cc2F)cn1)N1CCN(C(=O)[C@@H]2CCn3nnc(CO)c3C2)C(C)(C)C1. The highest BCUT2D eigenvalue weighted by Gasteiger charge is 2.42. The number of halogens is 2. The van der Waals surface area contributed by atoms with Crippen molar-refractivity contribution in [3.63, 3.8) is 0 Å². The van der Waals surface area contributed by atoms with Crippen molar-refractivity contribution < 1.29 is 28.2 Å². The van der Waals surface area contributed by atoms with E-state index in [1.54, 1.807) is 11.6 Å². The molecule has 2 aromatic heterocycles. The number of aliphatic hydroxyl groups excluding tert-OH is 1. The molecular weight excluding hydrogens is 538 g/mol. The van der Waals surface area contributed by atoms with E-state index in [0.717, 1.165) is 17.8 Å². The van der Waals surface area contributed by atoms with E-state index in [1.165, 1.54) is 12.4 Å². The molecule has 0 bridgehead atoms. The molecule has 1 aromatic carbocycles. The third-order valence-corrected chi connectivity index (χ3v) is 7.66. The monoisotopic (exact) mass is 570 g/mol. The molecule has 0 unspecified atom stereocenters. The lowest BCUT2D eigenvalue weighted by Gasteiger charge is -2.49. The number of amides is 2. The first-order valence-corrected chi connectivity index (χ1v) is 13.4. The number of nitrogens with zero attached hydrogens (tertiary/aromatic N) is 7. The number of nitrogens with one attached hydrogen (secondary N) is 1. The fourth-order valence-electron chi connectivity index (χ4n) is 5.37. The van der Waals surface area contributed by atoms with Crippen LogP contribution in [0.1, 0.15) is 38.6 Å². The molecular formula is C27H32F2N8O4. The molecule has 12 nitrogen and oxygen atoms in total. The van der Waals surface area contributed by atoms with Crippen molar-refractivity contribution >= 4 is 17.6 Å². The second-order valence-electron chi connectivity index (χ2n) is 10.9. The van der Waals surface area contributed by atoms with Gasteiger partial charge in [0.05, 0.1) is 36.3 Å². The Morgan fingerprint density at radius 2 is 2.00 bits per heavy atom. The van der Waals surface area contributed by atoms with Crippen LogP contribution in [0.15, 0.2) is 30.6 Å². The van der Waals surface area contributed by atoms with Crippen LogP contribution in [0.2, 0.25) is 0 Å². The standard InChI is InChI=1S/C27H32F2N8O4/c1-16(25(39)32-23-12-31-24(13-30-23)41-22-5-4-18(28)11-19(22)29)35-8-9-36(27(2,3)15-35)26(40)17-6-7-37-21(10-17)20(14-38)33-34-37/h4-5,11-13,16-17,38H,6-10,14-15H2,1-3H3,(H,30,32,39)/t16-,17+/m0/s1. The van der Waals surface area contributed by atoms with E-state index in [4.69, 9.17) is 4.74 Å². The number of aryl methyl sites for hydroxylation is 1. The Morgan fingerprint density at radius 1 is 1.20 bits per heavy atom. The highest BCUT2D eigenvalue weighted by atomic mass is 19.1. The van der Waals surface area contributed by atoms with Crippen LogP contribution in [-0.4, -0.2) is 82.9 Å². The van der Waals surface area contributed by atoms with Crippen LogP contribution in [0.5, 0.6) is 11.6 Å². The first-order chi connectivity index (χ1) is 19.6. The quantitative estimate of drug-likeness (QED) is 0.438. The minimum absolute atomic E-state index is 0.0182. The third kappa shape index (κ3) is 6.03. The molecule has 2 atom stereocenters. The smallest absolute Gasteiger partial charge is 0.242 e. The van der Waals surface area contributed by atoms with Gasteiger partial charge in [-0.3, -0.25) is 14.5 Å². The van der Waals surface area contributed by atoms with Gasteiger partial charge in [-0.2, -0.15) is 0 Å². The zero-order chi connectivity index (χ0) is 29.3. The summed E-state index contributed by atoms with van der Waals surface area (Å²) in [6.07, 6.45) is 3.66. The Labute approximate surface area is 235 Å². The van der Waals surface area contributed by atoms with Crippen LogP contribution in [0.3, 0.4) is 0 Å². The molecule has 41 heavy (non-hydrogen) atoms. The number of carbonyl (C=O) groups excluding carboxylic acids is 2. The minimum Gasteiger partial charge on any atom is -0.434 e. The zero-order valence-electron chi connectivity index (χ0n) is 23.0. The lowest BCUT2D eigenvalue weighted by Crippen LogP contribution is -2.64. The summed E-state index contributed by atoms with van der Waals surface area (Å²) in [6.45, 7) is 7.61. The second kappa shape index (κ2) is 11.4. The number of piperazine rings is 1. The summed E-state index contributed by atoms with van der Waals surface area (Å²) >= 11 is 0. The van der Waals surface area contributed by atoms with Gasteiger partial charge >= 0.3 is 0 Å². The molecule has 5 rings (SSSR count). The van der Waals surface area contributed by atoms with Gasteiger partial charge < -0.3 is 20.1 Å². The molecule has 0 saturated carbocycles. The predicted octanol–water partition coefficient (Wildman–Crippen LogP) is 2.14. The molecule has 4 heterocycles. The molecule has 14 heteroatoms. The van der Waals surface area contributed by atoms with Gasteiger partial charge in [-0.25, -0.2) is 23.4 Å². The van der Waals surface area contributed by atoms with E-state index >= 15 is 0 Å². The third-order valence-electron chi connectivity index (χ3n) is 7.66. The van der Waals surface area contributed by atoms with E-state index in [-0.39, 0.29) is 41.8 Å². The molecule has 2 amide bonds. The molecule has 2 aliphatic rings. The van der Waals surface area contributed by atoms with Crippen LogP contribution >= 0.6 is 0 Å². The van der Waals surface area contributed by atoms with Gasteiger partial charge in [-0.05, 0) is 39.3 Å². The fourth-order valence-corrected chi connectivity index (χ4v) is 5.37. The number of ether oxygens (including phenoxy) is 1. The highest BCUT2D eigenvalue weighted by Crippen LogP contribution is 2.30. The number of aliphatic hydroxyl groups is 1. The van der Waals surface area contributed by atoms with Crippen molar-refractivity contribution in [2.75, 3.05) is 25.0 Å². The summed E-state index contributed by atoms with van der Waals surface area (Å²) in [4.78, 5) is 38.7. The maximum Gasteiger partial charge on any atom is 0.242 e. The van der Waals surface area contributed by atoms with Crippen LogP contribution < -0.4 is 10.1 Å². The molecule has 3 aromatic rings. The Morgan fingerprint density at radius 3 is 2.68 bits per heavy atom. The summed E-state index contributed by atoms with van der Waals surface area (Å²) in [5.41, 5.74) is 0.804. The van der Waals surface area contributed by atoms with Gasteiger partial charge in [-0.1, -0.05) is 5.21 Å². The van der Waals surface area contributed by atoms with Crippen molar-refractivity contribution in [1.82, 2.24) is 34.8 Å². The number of benzene rings is 1. The largest absolute Gasteiger partial charge is 0.434 e. The minimum atomic E-state index is -0.873. The number of hydrogen-bond acceptors (Lipinski definition) is 9. The normalized spacial score (nSPS) is 19.4. The van der Waals surface area contributed by atoms with Gasteiger partial charge in [0.15, 0.2) is 17.4 Å². The van der Waals surface area contributed by atoms with Crippen LogP contribution in [0.25, 0.3) is 0 Å². The summed E-state index contributed by atoms with van der Waals surface area (Å²) in [5, 5.41) is 20.4. The lowest BCUT2D eigenvalue weighted by atomic mass is 9.89. The Bertz CT molecular complexity index is 1420. The van der Waals surface area contributed by atoms with Crippen LogP contribution in [0, 0.1) is 17.6 Å². The van der Waals surface area contributed by atoms with E-state index in [9.17, 15) is 23.5 Å². The van der Waals surface area contributed by atoms with Gasteiger partial charge in [-0.15, -0.1) is 5.10 Å². The summed E-state index contributed by atoms with van der Waals surface area (Å²) in [5.74, 6) is -2.08. The Balaban J connectivity index is 1.16. The van der Waals surface area contributed by atoms with Gasteiger partial charge in [0.2, 0.25) is 17.7 Å². The predicted molar refractivity (Wildman–Crippen MR) is 142 cm³/mol. The van der Waals surface area contributed by atoms with Crippen molar-refractivity contribution in [2.24, 2.45) is 5.92 Å². The number of aromatic nitrogens is 5. The molecule has 1 saturated heterocycles. The van der Waals surface area contributed by atoms with Gasteiger partial charge in [0.1, 0.15) is 11.5 Å². The van der Waals surface area contributed by atoms with E-state index in [1.807, 2.05) is 23.6 Å². The molecule has 0 radical (unpaired) electrons. The summed E-state index contributed by atoms with van der Waals surface area (Å²) in [7, 11) is 0. The van der Waals surface area contributed by atoms with Gasteiger partial charge in [0, 0.05) is 44.6 Å². The molecule has 2 aliphatic heterocycles. The first-order valence-electron chi connectivity index (χ1n) is 13.4. The van der Waals surface area contributed by atoms with E-state index in [2.05, 4.69) is 25.6 Å². The Kier molecular flexibility index (Phi) is 7.95.